The third-order valence-electron chi connectivity index (χ3n) is 7.67. The van der Waals surface area contributed by atoms with Crippen molar-refractivity contribution in [3.8, 4) is 17.0 Å². The second kappa shape index (κ2) is 12.4. The summed E-state index contributed by atoms with van der Waals surface area (Å²) < 4.78 is 31.1. The molecule has 1 saturated carbocycles. The first-order valence-electron chi connectivity index (χ1n) is 14.1. The number of nitrogens with zero attached hydrogens (tertiary/aromatic N) is 3. The van der Waals surface area contributed by atoms with Crippen LogP contribution in [0.1, 0.15) is 38.5 Å². The molecule has 1 saturated heterocycles. The summed E-state index contributed by atoms with van der Waals surface area (Å²) in [6, 6.07) is 12.6. The highest BCUT2D eigenvalue weighted by molar-refractivity contribution is 6.08. The minimum absolute atomic E-state index is 0.0449. The number of hydrogen-bond donors (Lipinski definition) is 0. The van der Waals surface area contributed by atoms with Crippen molar-refractivity contribution in [1.82, 2.24) is 14.5 Å². The van der Waals surface area contributed by atoms with Gasteiger partial charge in [-0.3, -0.25) is 4.98 Å². The van der Waals surface area contributed by atoms with Crippen LogP contribution in [-0.4, -0.2) is 66.1 Å². The summed E-state index contributed by atoms with van der Waals surface area (Å²) in [5, 5.41) is 2.38. The lowest BCUT2D eigenvalue weighted by molar-refractivity contribution is -0.169. The van der Waals surface area contributed by atoms with E-state index in [1.54, 1.807) is 0 Å². The maximum absolute atomic E-state index is 6.07. The zero-order valence-electron chi connectivity index (χ0n) is 22.6. The second-order valence-electron chi connectivity index (χ2n) is 10.4. The van der Waals surface area contributed by atoms with Crippen LogP contribution in [0.5, 0.6) is 5.88 Å². The average molecular weight is 532 g/mol. The van der Waals surface area contributed by atoms with Gasteiger partial charge in [-0.1, -0.05) is 12.1 Å². The molecular weight excluding hydrogens is 494 g/mol. The number of ether oxygens (including phenoxy) is 5. The highest BCUT2D eigenvalue weighted by Crippen LogP contribution is 2.32. The molecule has 1 aromatic carbocycles. The molecule has 0 N–H and O–H groups in total. The maximum Gasteiger partial charge on any atom is 0.213 e. The summed E-state index contributed by atoms with van der Waals surface area (Å²) in [4.78, 5) is 8.87. The van der Waals surface area contributed by atoms with Crippen LogP contribution in [0.3, 0.4) is 0 Å². The lowest BCUT2D eigenvalue weighted by Crippen LogP contribution is -2.39. The first kappa shape index (κ1) is 26.2. The van der Waals surface area contributed by atoms with Gasteiger partial charge in [-0.25, -0.2) is 4.98 Å². The van der Waals surface area contributed by atoms with Crippen molar-refractivity contribution in [3.63, 3.8) is 0 Å². The molecular formula is C31H37N3O5. The van der Waals surface area contributed by atoms with Crippen LogP contribution >= 0.6 is 0 Å². The summed E-state index contributed by atoms with van der Waals surface area (Å²) >= 11 is 0. The molecule has 1 aliphatic carbocycles. The van der Waals surface area contributed by atoms with Gasteiger partial charge < -0.3 is 28.3 Å². The van der Waals surface area contributed by atoms with Gasteiger partial charge in [0.05, 0.1) is 24.8 Å². The first-order chi connectivity index (χ1) is 19.2. The summed E-state index contributed by atoms with van der Waals surface area (Å²) in [6.45, 7) is 3.37. The van der Waals surface area contributed by atoms with E-state index >= 15 is 0 Å². The molecule has 4 heterocycles. The monoisotopic (exact) mass is 531 g/mol. The Hall–Kier alpha value is -3.04. The molecule has 2 fully saturated rings. The average Bonchev–Trinajstić information content (AvgIpc) is 3.25. The van der Waals surface area contributed by atoms with Gasteiger partial charge in [0.15, 0.2) is 6.29 Å². The fourth-order valence-corrected chi connectivity index (χ4v) is 5.37. The van der Waals surface area contributed by atoms with Crippen LogP contribution in [0, 0.1) is 0 Å². The maximum atomic E-state index is 6.07. The molecule has 1 aliphatic heterocycles. The van der Waals surface area contributed by atoms with Crippen molar-refractivity contribution in [2.75, 3.05) is 33.0 Å². The Morgan fingerprint density at radius 3 is 2.64 bits per heavy atom. The molecule has 4 aromatic rings. The fourth-order valence-electron chi connectivity index (χ4n) is 5.37. The molecule has 206 valence electrons. The van der Waals surface area contributed by atoms with Gasteiger partial charge in [0.1, 0.15) is 6.10 Å². The second-order valence-corrected chi connectivity index (χ2v) is 10.4. The van der Waals surface area contributed by atoms with Gasteiger partial charge in [-0.05, 0) is 49.4 Å². The fraction of sp³-hybridized carbons (Fsp3) is 0.484. The number of rotatable bonds is 12. The lowest BCUT2D eigenvalue weighted by atomic mass is 9.92. The summed E-state index contributed by atoms with van der Waals surface area (Å²) in [7, 11) is 2.10. The largest absolute Gasteiger partial charge is 0.474 e. The standard InChI is InChI=1S/C31H37N3O5/c1-34-28-10-11-32-21-27(28)26-8-6-22(17-29(26)34)23-7-9-30(33-20-23)39-25-18-24(19-25)36-14-4-12-35-15-16-38-31-5-2-3-13-37-31/h6-11,17,20-21,24-25,31H,2-5,12-16,18-19H2,1H3/t24-,25-,31?. The highest BCUT2D eigenvalue weighted by Gasteiger charge is 2.31. The molecule has 0 bridgehead atoms. The van der Waals surface area contributed by atoms with E-state index in [0.29, 0.717) is 32.3 Å². The van der Waals surface area contributed by atoms with Gasteiger partial charge in [0, 0.05) is 86.2 Å². The van der Waals surface area contributed by atoms with Crippen LogP contribution in [0.15, 0.2) is 55.0 Å². The topological polar surface area (TPSA) is 76.9 Å². The number of pyridine rings is 2. The van der Waals surface area contributed by atoms with Crippen LogP contribution < -0.4 is 4.74 Å². The summed E-state index contributed by atoms with van der Waals surface area (Å²) in [5.41, 5.74) is 4.56. The van der Waals surface area contributed by atoms with Crippen molar-refractivity contribution in [2.24, 2.45) is 7.05 Å². The number of benzene rings is 1. The Labute approximate surface area is 229 Å². The van der Waals surface area contributed by atoms with Crippen molar-refractivity contribution >= 4 is 21.8 Å². The number of aromatic nitrogens is 3. The predicted octanol–water partition coefficient (Wildman–Crippen LogP) is 5.66. The molecule has 3 aromatic heterocycles. The van der Waals surface area contributed by atoms with Crippen molar-refractivity contribution in [1.29, 1.82) is 0 Å². The molecule has 1 unspecified atom stereocenters. The predicted molar refractivity (Wildman–Crippen MR) is 150 cm³/mol. The zero-order valence-corrected chi connectivity index (χ0v) is 22.6. The van der Waals surface area contributed by atoms with Crippen molar-refractivity contribution < 1.29 is 23.7 Å². The van der Waals surface area contributed by atoms with Crippen LogP contribution in [0.2, 0.25) is 0 Å². The quantitative estimate of drug-likeness (QED) is 0.218. The Bertz CT molecular complexity index is 1360. The third kappa shape index (κ3) is 6.25. The van der Waals surface area contributed by atoms with E-state index < -0.39 is 0 Å². The lowest BCUT2D eigenvalue weighted by Gasteiger charge is -2.34. The van der Waals surface area contributed by atoms with E-state index in [1.807, 2.05) is 24.7 Å². The molecule has 2 aliphatic rings. The van der Waals surface area contributed by atoms with Crippen LogP contribution in [-0.2, 0) is 26.0 Å². The zero-order chi connectivity index (χ0) is 26.4. The Morgan fingerprint density at radius 1 is 0.872 bits per heavy atom. The molecule has 0 radical (unpaired) electrons. The van der Waals surface area contributed by atoms with Gasteiger partial charge >= 0.3 is 0 Å². The van der Waals surface area contributed by atoms with Gasteiger partial charge in [0.2, 0.25) is 5.88 Å². The van der Waals surface area contributed by atoms with E-state index in [4.69, 9.17) is 23.7 Å². The normalized spacial score (nSPS) is 21.3. The molecule has 0 amide bonds. The van der Waals surface area contributed by atoms with Crippen molar-refractivity contribution in [3.05, 3.63) is 55.0 Å². The van der Waals surface area contributed by atoms with Gasteiger partial charge in [0.25, 0.3) is 0 Å². The number of fused-ring (bicyclic) bond motifs is 3. The van der Waals surface area contributed by atoms with Crippen LogP contribution in [0.4, 0.5) is 0 Å². The third-order valence-corrected chi connectivity index (χ3v) is 7.67. The van der Waals surface area contributed by atoms with Crippen molar-refractivity contribution in [2.45, 2.75) is 57.0 Å². The molecule has 39 heavy (non-hydrogen) atoms. The van der Waals surface area contributed by atoms with E-state index in [9.17, 15) is 0 Å². The molecule has 8 nitrogen and oxygen atoms in total. The minimum Gasteiger partial charge on any atom is -0.474 e. The smallest absolute Gasteiger partial charge is 0.213 e. The molecule has 0 spiro atoms. The van der Waals surface area contributed by atoms with E-state index in [0.717, 1.165) is 49.8 Å². The first-order valence-corrected chi connectivity index (χ1v) is 14.1. The Kier molecular flexibility index (Phi) is 8.35. The van der Waals surface area contributed by atoms with E-state index in [-0.39, 0.29) is 18.5 Å². The minimum atomic E-state index is -0.0449. The van der Waals surface area contributed by atoms with Crippen LogP contribution in [0.25, 0.3) is 32.9 Å². The molecule has 1 atom stereocenters. The van der Waals surface area contributed by atoms with Gasteiger partial charge in [-0.2, -0.15) is 0 Å². The number of aryl methyl sites for hydroxylation is 1. The number of hydrogen-bond acceptors (Lipinski definition) is 7. The Morgan fingerprint density at radius 2 is 1.79 bits per heavy atom. The molecule has 6 rings (SSSR count). The molecule has 8 heteroatoms. The van der Waals surface area contributed by atoms with E-state index in [1.165, 1.54) is 28.2 Å². The summed E-state index contributed by atoms with van der Waals surface area (Å²) in [6.07, 6.45) is 12.0. The van der Waals surface area contributed by atoms with Gasteiger partial charge in [-0.15, -0.1) is 0 Å². The SMILES string of the molecule is Cn1c2ccncc2c2ccc(-c3ccc(O[C@H]4C[C@H](OCCCOCCOC5CCCCO5)C4)nc3)cc21. The summed E-state index contributed by atoms with van der Waals surface area (Å²) in [5.74, 6) is 0.660. The highest BCUT2D eigenvalue weighted by atomic mass is 16.7. The van der Waals surface area contributed by atoms with E-state index in [2.05, 4.69) is 51.9 Å². The Balaban J connectivity index is 0.892.